The minimum atomic E-state index is 0.245. The smallest absolute Gasteiger partial charge is 0.220 e. The number of benzene rings is 1. The van der Waals surface area contributed by atoms with Crippen molar-refractivity contribution in [2.45, 2.75) is 62.8 Å². The van der Waals surface area contributed by atoms with Gasteiger partial charge in [0.1, 0.15) is 5.75 Å². The van der Waals surface area contributed by atoms with Crippen molar-refractivity contribution in [1.82, 2.24) is 10.2 Å². The van der Waals surface area contributed by atoms with Crippen LogP contribution < -0.4 is 10.1 Å². The van der Waals surface area contributed by atoms with E-state index in [4.69, 9.17) is 4.74 Å². The Morgan fingerprint density at radius 3 is 2.85 bits per heavy atom. The fourth-order valence-corrected chi connectivity index (χ4v) is 6.81. The van der Waals surface area contributed by atoms with E-state index >= 15 is 0 Å². The summed E-state index contributed by atoms with van der Waals surface area (Å²) >= 11 is 0. The first-order valence-corrected chi connectivity index (χ1v) is 12.5. The van der Waals surface area contributed by atoms with E-state index in [0.29, 0.717) is 12.5 Å². The number of hydrogen-bond donors (Lipinski definition) is 1. The first-order valence-electron chi connectivity index (χ1n) is 10.2. The third-order valence-corrected chi connectivity index (χ3v) is 8.41. The third-order valence-electron chi connectivity index (χ3n) is 5.40. The van der Waals surface area contributed by atoms with Gasteiger partial charge in [0.2, 0.25) is 5.91 Å². The minimum Gasteiger partial charge on any atom is -0.497 e. The molecule has 0 bridgehead atoms. The topological polar surface area (TPSA) is 41.6 Å². The quantitative estimate of drug-likeness (QED) is 0.482. The summed E-state index contributed by atoms with van der Waals surface area (Å²) in [6.07, 6.45) is 7.61. The molecular weight excluding hydrogens is 376 g/mol. The zero-order chi connectivity index (χ0) is 18.9. The number of carbonyl (C=O) groups is 1. The van der Waals surface area contributed by atoms with Crippen LogP contribution in [-0.4, -0.2) is 48.1 Å². The van der Waals surface area contributed by atoms with Crippen LogP contribution in [0.5, 0.6) is 5.75 Å². The third kappa shape index (κ3) is 7.24. The normalized spacial score (nSPS) is 21.3. The molecule has 2 aliphatic heterocycles. The van der Waals surface area contributed by atoms with E-state index in [2.05, 4.69) is 22.3 Å². The lowest BCUT2D eigenvalue weighted by Gasteiger charge is -2.32. The molecule has 2 saturated heterocycles. The monoisotopic (exact) mass is 408 g/mol. The van der Waals surface area contributed by atoms with Crippen molar-refractivity contribution >= 4 is 27.5 Å². The predicted octanol–water partition coefficient (Wildman–Crippen LogP) is 4.49. The summed E-state index contributed by atoms with van der Waals surface area (Å²) in [7, 11) is 5.74. The van der Waals surface area contributed by atoms with Gasteiger partial charge in [0, 0.05) is 43.1 Å². The lowest BCUT2D eigenvalue weighted by molar-refractivity contribution is -0.122. The Labute approximate surface area is 171 Å². The maximum Gasteiger partial charge on any atom is 0.220 e. The number of unbranched alkanes of at least 4 members (excludes halogenated alkanes) is 1. The molecule has 0 radical (unpaired) electrons. The summed E-state index contributed by atoms with van der Waals surface area (Å²) in [6.45, 7) is 3.03. The summed E-state index contributed by atoms with van der Waals surface area (Å²) < 4.78 is 5.31. The Hall–Kier alpha value is -0.850. The minimum absolute atomic E-state index is 0.245. The number of piperidine rings is 1. The van der Waals surface area contributed by atoms with Gasteiger partial charge in [-0.05, 0) is 49.8 Å². The number of ether oxygens (including phenoxy) is 1. The largest absolute Gasteiger partial charge is 0.497 e. The molecule has 1 unspecified atom stereocenters. The number of rotatable bonds is 9. The molecule has 1 aromatic rings. The molecule has 4 nitrogen and oxygen atoms in total. The van der Waals surface area contributed by atoms with Gasteiger partial charge in [-0.2, -0.15) is 0 Å². The maximum atomic E-state index is 12.2. The summed E-state index contributed by atoms with van der Waals surface area (Å²) in [4.78, 5) is 14.7. The molecule has 1 aromatic carbocycles. The van der Waals surface area contributed by atoms with E-state index in [0.717, 1.165) is 49.9 Å². The molecule has 27 heavy (non-hydrogen) atoms. The number of carbonyl (C=O) groups excluding carboxylic acids is 1. The first-order chi connectivity index (χ1) is 13.2. The highest BCUT2D eigenvalue weighted by molar-refractivity contribution is 8.77. The van der Waals surface area contributed by atoms with Crippen molar-refractivity contribution in [3.05, 3.63) is 29.8 Å². The van der Waals surface area contributed by atoms with Crippen molar-refractivity contribution in [3.8, 4) is 5.75 Å². The number of hydrogen-bond acceptors (Lipinski definition) is 5. The van der Waals surface area contributed by atoms with Crippen molar-refractivity contribution in [3.63, 3.8) is 0 Å². The molecule has 0 saturated carbocycles. The molecule has 2 aliphatic rings. The highest BCUT2D eigenvalue weighted by atomic mass is 33.1. The van der Waals surface area contributed by atoms with Gasteiger partial charge in [-0.1, -0.05) is 40.1 Å². The second-order valence-corrected chi connectivity index (χ2v) is 10.3. The van der Waals surface area contributed by atoms with Crippen molar-refractivity contribution < 1.29 is 9.53 Å². The van der Waals surface area contributed by atoms with E-state index in [1.165, 1.54) is 30.6 Å². The van der Waals surface area contributed by atoms with E-state index in [1.807, 2.05) is 33.7 Å². The maximum absolute atomic E-state index is 12.2. The Balaban J connectivity index is 1.28. The molecule has 6 heteroatoms. The fourth-order valence-electron chi connectivity index (χ4n) is 3.79. The van der Waals surface area contributed by atoms with Gasteiger partial charge in [0.25, 0.3) is 0 Å². The number of nitrogens with zero attached hydrogens (tertiary/aromatic N) is 1. The van der Waals surface area contributed by atoms with Gasteiger partial charge in [-0.15, -0.1) is 0 Å². The summed E-state index contributed by atoms with van der Waals surface area (Å²) in [6, 6.07) is 8.64. The molecule has 3 rings (SSSR count). The summed E-state index contributed by atoms with van der Waals surface area (Å²) in [5.74, 6) is 2.46. The lowest BCUT2D eigenvalue weighted by Crippen LogP contribution is -2.44. The molecule has 1 N–H and O–H groups in total. The summed E-state index contributed by atoms with van der Waals surface area (Å²) in [5, 5.41) is 4.08. The predicted molar refractivity (Wildman–Crippen MR) is 116 cm³/mol. The van der Waals surface area contributed by atoms with Crippen LogP contribution in [0.4, 0.5) is 0 Å². The second kappa shape index (κ2) is 11.2. The van der Waals surface area contributed by atoms with Crippen LogP contribution >= 0.6 is 21.6 Å². The van der Waals surface area contributed by atoms with Crippen molar-refractivity contribution in [1.29, 1.82) is 0 Å². The zero-order valence-electron chi connectivity index (χ0n) is 16.3. The molecule has 2 fully saturated rings. The fraction of sp³-hybridized carbons (Fsp3) is 0.667. The van der Waals surface area contributed by atoms with Crippen molar-refractivity contribution in [2.24, 2.45) is 0 Å². The average molecular weight is 409 g/mol. The Kier molecular flexibility index (Phi) is 8.68. The van der Waals surface area contributed by atoms with E-state index < -0.39 is 0 Å². The Morgan fingerprint density at radius 2 is 2.11 bits per heavy atom. The van der Waals surface area contributed by atoms with Gasteiger partial charge in [0.05, 0.1) is 7.11 Å². The van der Waals surface area contributed by atoms with Gasteiger partial charge < -0.3 is 10.1 Å². The standard InChI is InChI=1S/C21H32N2O2S2/c1-25-19-6-4-5-17(15-19)16-23-12-9-18(10-13-23)22-21(24)8-3-2-7-20-11-14-26-27-20/h4-6,15,18,20H,2-3,7-14,16H2,1H3,(H,22,24). The van der Waals surface area contributed by atoms with Crippen LogP contribution in [0.25, 0.3) is 0 Å². The van der Waals surface area contributed by atoms with Gasteiger partial charge in [-0.25, -0.2) is 0 Å². The number of likely N-dealkylation sites (tertiary alicyclic amines) is 1. The number of methoxy groups -OCH3 is 1. The zero-order valence-corrected chi connectivity index (χ0v) is 18.0. The molecule has 2 heterocycles. The van der Waals surface area contributed by atoms with Crippen LogP contribution in [0.1, 0.15) is 50.5 Å². The van der Waals surface area contributed by atoms with Crippen LogP contribution in [0.2, 0.25) is 0 Å². The molecule has 0 aromatic heterocycles. The average Bonchev–Trinajstić information content (AvgIpc) is 3.20. The summed E-state index contributed by atoms with van der Waals surface area (Å²) in [5.41, 5.74) is 1.29. The van der Waals surface area contributed by atoms with Crippen LogP contribution in [0, 0.1) is 0 Å². The van der Waals surface area contributed by atoms with Crippen LogP contribution in [0.3, 0.4) is 0 Å². The lowest BCUT2D eigenvalue weighted by atomic mass is 10.0. The van der Waals surface area contributed by atoms with E-state index in [-0.39, 0.29) is 5.91 Å². The van der Waals surface area contributed by atoms with Gasteiger partial charge in [-0.3, -0.25) is 9.69 Å². The second-order valence-electron chi connectivity index (χ2n) is 7.54. The highest BCUT2D eigenvalue weighted by Crippen LogP contribution is 2.39. The molecular formula is C21H32N2O2S2. The van der Waals surface area contributed by atoms with Gasteiger partial charge >= 0.3 is 0 Å². The molecule has 0 aliphatic carbocycles. The molecule has 150 valence electrons. The first kappa shape index (κ1) is 20.9. The number of amides is 1. The van der Waals surface area contributed by atoms with Crippen molar-refractivity contribution in [2.75, 3.05) is 26.0 Å². The van der Waals surface area contributed by atoms with Crippen LogP contribution in [0.15, 0.2) is 24.3 Å². The Bertz CT molecular complexity index is 585. The SMILES string of the molecule is COc1cccc(CN2CCC(NC(=O)CCCCC3CCSS3)CC2)c1. The highest BCUT2D eigenvalue weighted by Gasteiger charge is 2.21. The molecule has 1 amide bonds. The van der Waals surface area contributed by atoms with E-state index in [1.54, 1.807) is 7.11 Å². The molecule has 1 atom stereocenters. The van der Waals surface area contributed by atoms with Crippen LogP contribution in [-0.2, 0) is 11.3 Å². The van der Waals surface area contributed by atoms with E-state index in [9.17, 15) is 4.79 Å². The molecule has 0 spiro atoms. The Morgan fingerprint density at radius 1 is 1.26 bits per heavy atom. The van der Waals surface area contributed by atoms with Gasteiger partial charge in [0.15, 0.2) is 0 Å². The number of nitrogens with one attached hydrogen (secondary N) is 1.